The van der Waals surface area contributed by atoms with Crippen molar-refractivity contribution in [1.29, 1.82) is 0 Å². The van der Waals surface area contributed by atoms with E-state index in [9.17, 15) is 9.18 Å². The Kier molecular flexibility index (Phi) is 4.74. The van der Waals surface area contributed by atoms with Crippen molar-refractivity contribution < 1.29 is 14.3 Å². The number of amides is 1. The third-order valence-corrected chi connectivity index (χ3v) is 3.48. The number of hydrogen-bond acceptors (Lipinski definition) is 3. The fraction of sp³-hybridized carbons (Fsp3) is 0.0714. The summed E-state index contributed by atoms with van der Waals surface area (Å²) in [4.78, 5) is 12.6. The van der Waals surface area contributed by atoms with Crippen molar-refractivity contribution >= 4 is 34.5 Å². The van der Waals surface area contributed by atoms with E-state index in [1.807, 2.05) is 0 Å². The van der Waals surface area contributed by atoms with Crippen LogP contribution in [0.25, 0.3) is 0 Å². The van der Waals surface area contributed by atoms with Gasteiger partial charge in [0.2, 0.25) is 0 Å². The summed E-state index contributed by atoms with van der Waals surface area (Å²) in [5, 5.41) is 12.8. The predicted octanol–water partition coefficient (Wildman–Crippen LogP) is 3.14. The molecule has 2 rings (SSSR count). The van der Waals surface area contributed by atoms with Gasteiger partial charge in [0.15, 0.2) is 0 Å². The molecule has 3 nitrogen and oxygen atoms in total. The van der Waals surface area contributed by atoms with Gasteiger partial charge in [0, 0.05) is 11.1 Å². The van der Waals surface area contributed by atoms with Crippen molar-refractivity contribution in [3.8, 4) is 11.8 Å². The molecular weight excluding hydrogens is 301 g/mol. The van der Waals surface area contributed by atoms with Crippen molar-refractivity contribution in [2.75, 3.05) is 11.9 Å². The van der Waals surface area contributed by atoms with Gasteiger partial charge in [-0.05, 0) is 24.3 Å². The Morgan fingerprint density at radius 1 is 1.45 bits per heavy atom. The Morgan fingerprint density at radius 2 is 2.25 bits per heavy atom. The van der Waals surface area contributed by atoms with Gasteiger partial charge in [-0.25, -0.2) is 4.39 Å². The zero-order chi connectivity index (χ0) is 14.5. The lowest BCUT2D eigenvalue weighted by Gasteiger charge is -2.04. The average molecular weight is 310 g/mol. The molecule has 0 saturated carbocycles. The van der Waals surface area contributed by atoms with E-state index >= 15 is 0 Å². The summed E-state index contributed by atoms with van der Waals surface area (Å²) < 4.78 is 13.3. The molecule has 1 aromatic heterocycles. The zero-order valence-electron chi connectivity index (χ0n) is 10.1. The third-order valence-electron chi connectivity index (χ3n) is 2.33. The number of hydrogen-bond donors (Lipinski definition) is 2. The van der Waals surface area contributed by atoms with E-state index in [1.54, 1.807) is 11.4 Å². The van der Waals surface area contributed by atoms with E-state index < -0.39 is 5.82 Å². The largest absolute Gasteiger partial charge is 0.384 e. The molecule has 0 unspecified atom stereocenters. The number of aliphatic hydroxyl groups excluding tert-OH is 1. The Balaban J connectivity index is 2.11. The fourth-order valence-corrected chi connectivity index (χ4v) is 2.30. The van der Waals surface area contributed by atoms with Gasteiger partial charge in [-0.3, -0.25) is 4.79 Å². The molecular formula is C14H9ClFNO2S. The van der Waals surface area contributed by atoms with E-state index in [-0.39, 0.29) is 17.5 Å². The number of halogens is 2. The van der Waals surface area contributed by atoms with Crippen LogP contribution in [0.3, 0.4) is 0 Å². The molecule has 1 heterocycles. The Morgan fingerprint density at radius 3 is 2.95 bits per heavy atom. The highest BCUT2D eigenvalue weighted by molar-refractivity contribution is 7.10. The molecule has 0 bridgehead atoms. The van der Waals surface area contributed by atoms with Gasteiger partial charge < -0.3 is 10.4 Å². The maximum Gasteiger partial charge on any atom is 0.256 e. The number of anilines is 1. The second kappa shape index (κ2) is 6.53. The highest BCUT2D eigenvalue weighted by atomic mass is 35.5. The van der Waals surface area contributed by atoms with Crippen molar-refractivity contribution in [3.63, 3.8) is 0 Å². The Bertz CT molecular complexity index is 703. The summed E-state index contributed by atoms with van der Waals surface area (Å²) in [6, 6.07) is 5.65. The minimum Gasteiger partial charge on any atom is -0.384 e. The molecule has 2 N–H and O–H groups in total. The SMILES string of the molecule is O=C(Nc1ccc(Cl)c(F)c1)c1csc(C#CCO)c1. The normalized spacial score (nSPS) is 9.75. The summed E-state index contributed by atoms with van der Waals surface area (Å²) in [6.07, 6.45) is 0. The van der Waals surface area contributed by atoms with Crippen molar-refractivity contribution in [2.24, 2.45) is 0 Å². The maximum atomic E-state index is 13.3. The van der Waals surface area contributed by atoms with Crippen LogP contribution in [-0.2, 0) is 0 Å². The first-order valence-corrected chi connectivity index (χ1v) is 6.80. The van der Waals surface area contributed by atoms with E-state index in [1.165, 1.54) is 23.5 Å². The number of carbonyl (C=O) groups is 1. The first-order chi connectivity index (χ1) is 9.60. The molecule has 0 radical (unpaired) electrons. The fourth-order valence-electron chi connectivity index (χ4n) is 1.42. The molecule has 2 aromatic rings. The number of rotatable bonds is 2. The molecule has 0 fully saturated rings. The molecule has 6 heteroatoms. The van der Waals surface area contributed by atoms with Crippen LogP contribution in [0, 0.1) is 17.7 Å². The molecule has 0 atom stereocenters. The highest BCUT2D eigenvalue weighted by Gasteiger charge is 2.09. The molecule has 0 aliphatic rings. The van der Waals surface area contributed by atoms with E-state index in [0.29, 0.717) is 16.1 Å². The number of aliphatic hydroxyl groups is 1. The van der Waals surface area contributed by atoms with Gasteiger partial charge in [-0.2, -0.15) is 0 Å². The van der Waals surface area contributed by atoms with Crippen LogP contribution in [0.15, 0.2) is 29.6 Å². The van der Waals surface area contributed by atoms with E-state index in [0.717, 1.165) is 6.07 Å². The number of benzene rings is 1. The number of carbonyl (C=O) groups excluding carboxylic acids is 1. The lowest BCUT2D eigenvalue weighted by molar-refractivity contribution is 0.102. The van der Waals surface area contributed by atoms with Crippen LogP contribution in [0.1, 0.15) is 15.2 Å². The van der Waals surface area contributed by atoms with Crippen molar-refractivity contribution in [3.05, 3.63) is 50.9 Å². The van der Waals surface area contributed by atoms with Gasteiger partial charge in [0.25, 0.3) is 5.91 Å². The predicted molar refractivity (Wildman–Crippen MR) is 77.6 cm³/mol. The van der Waals surface area contributed by atoms with Crippen LogP contribution >= 0.6 is 22.9 Å². The minimum atomic E-state index is -0.593. The van der Waals surface area contributed by atoms with Crippen LogP contribution < -0.4 is 5.32 Å². The summed E-state index contributed by atoms with van der Waals surface area (Å²) >= 11 is 6.86. The molecule has 0 aliphatic heterocycles. The van der Waals surface area contributed by atoms with Gasteiger partial charge in [-0.1, -0.05) is 23.4 Å². The van der Waals surface area contributed by atoms with Crippen LogP contribution in [-0.4, -0.2) is 17.6 Å². The number of nitrogens with one attached hydrogen (secondary N) is 1. The van der Waals surface area contributed by atoms with E-state index in [4.69, 9.17) is 16.7 Å². The zero-order valence-corrected chi connectivity index (χ0v) is 11.7. The summed E-state index contributed by atoms with van der Waals surface area (Å²) in [5.74, 6) is 4.26. The van der Waals surface area contributed by atoms with Crippen LogP contribution in [0.4, 0.5) is 10.1 Å². The Labute approximate surface area is 124 Å². The maximum absolute atomic E-state index is 13.3. The second-order valence-corrected chi connectivity index (χ2v) is 5.06. The summed E-state index contributed by atoms with van der Waals surface area (Å²) in [6.45, 7) is -0.233. The Hall–Kier alpha value is -1.87. The van der Waals surface area contributed by atoms with Gasteiger partial charge in [-0.15, -0.1) is 11.3 Å². The molecule has 20 heavy (non-hydrogen) atoms. The molecule has 102 valence electrons. The molecule has 0 aliphatic carbocycles. The minimum absolute atomic E-state index is 0.0000893. The monoisotopic (exact) mass is 309 g/mol. The van der Waals surface area contributed by atoms with Gasteiger partial charge >= 0.3 is 0 Å². The van der Waals surface area contributed by atoms with Crippen LogP contribution in [0.2, 0.25) is 5.02 Å². The second-order valence-electron chi connectivity index (χ2n) is 3.74. The lowest BCUT2D eigenvalue weighted by atomic mass is 10.2. The standard InChI is InChI=1S/C14H9ClFNO2S/c15-12-4-3-10(7-13(12)16)17-14(19)9-6-11(20-8-9)2-1-5-18/h3-4,6-8,18H,5H2,(H,17,19). The van der Waals surface area contributed by atoms with Gasteiger partial charge in [0.05, 0.1) is 15.5 Å². The summed E-state index contributed by atoms with van der Waals surface area (Å²) in [7, 11) is 0. The van der Waals surface area contributed by atoms with Gasteiger partial charge in [0.1, 0.15) is 12.4 Å². The lowest BCUT2D eigenvalue weighted by Crippen LogP contribution is -2.10. The van der Waals surface area contributed by atoms with Crippen LogP contribution in [0.5, 0.6) is 0 Å². The third kappa shape index (κ3) is 3.58. The number of thiophene rings is 1. The average Bonchev–Trinajstić information content (AvgIpc) is 2.89. The first-order valence-electron chi connectivity index (χ1n) is 5.55. The summed E-state index contributed by atoms with van der Waals surface area (Å²) in [5.41, 5.74) is 0.749. The van der Waals surface area contributed by atoms with Crippen molar-refractivity contribution in [2.45, 2.75) is 0 Å². The molecule has 0 saturated heterocycles. The molecule has 1 amide bonds. The first kappa shape index (κ1) is 14.5. The quantitative estimate of drug-likeness (QED) is 0.837. The molecule has 0 spiro atoms. The van der Waals surface area contributed by atoms with Crippen molar-refractivity contribution in [1.82, 2.24) is 0 Å². The van der Waals surface area contributed by atoms with E-state index in [2.05, 4.69) is 17.2 Å². The smallest absolute Gasteiger partial charge is 0.256 e. The topological polar surface area (TPSA) is 49.3 Å². The molecule has 1 aromatic carbocycles. The highest BCUT2D eigenvalue weighted by Crippen LogP contribution is 2.20.